The van der Waals surface area contributed by atoms with Crippen LogP contribution in [0, 0.1) is 5.92 Å². The van der Waals surface area contributed by atoms with Crippen LogP contribution in [0.5, 0.6) is 0 Å². The Morgan fingerprint density at radius 3 is 2.12 bits per heavy atom. The molecule has 1 aliphatic rings. The number of hydrogen-bond acceptors (Lipinski definition) is 5. The topological polar surface area (TPSA) is 69.7 Å². The van der Waals surface area contributed by atoms with E-state index in [1.165, 1.54) is 39.9 Å². The zero-order valence-electron chi connectivity index (χ0n) is 16.6. The Hall–Kier alpha value is -1.33. The van der Waals surface area contributed by atoms with Gasteiger partial charge in [0.1, 0.15) is 0 Å². The second-order valence-electron chi connectivity index (χ2n) is 7.00. The second-order valence-corrected chi connectivity index (χ2v) is 7.00. The van der Waals surface area contributed by atoms with Crippen LogP contribution in [0.4, 0.5) is 0 Å². The van der Waals surface area contributed by atoms with Gasteiger partial charge in [-0.05, 0) is 25.7 Å². The van der Waals surface area contributed by atoms with Crippen molar-refractivity contribution < 1.29 is 23.9 Å². The number of methoxy groups -OCH3 is 2. The standard InChI is InChI=1S/C21H34O5/c1-4-5-6-7-8-9-10-11-12-13-14-15-17-19(23)18(22)16-21(25-2,26-3)20(17)24/h7-8,17H,4-6,9-16H2,1-3H3. The van der Waals surface area contributed by atoms with Crippen LogP contribution in [0.25, 0.3) is 0 Å². The lowest BCUT2D eigenvalue weighted by molar-refractivity contribution is -0.217. The lowest BCUT2D eigenvalue weighted by atomic mass is 9.78. The molecule has 0 saturated heterocycles. The molecular weight excluding hydrogens is 332 g/mol. The third kappa shape index (κ3) is 6.44. The summed E-state index contributed by atoms with van der Waals surface area (Å²) < 4.78 is 10.3. The van der Waals surface area contributed by atoms with Crippen LogP contribution < -0.4 is 0 Å². The molecule has 0 aromatic carbocycles. The molecule has 1 saturated carbocycles. The fourth-order valence-electron chi connectivity index (χ4n) is 3.35. The van der Waals surface area contributed by atoms with Gasteiger partial charge in [0.25, 0.3) is 0 Å². The first kappa shape index (κ1) is 22.7. The molecule has 1 atom stereocenters. The smallest absolute Gasteiger partial charge is 0.236 e. The van der Waals surface area contributed by atoms with E-state index in [1.807, 2.05) is 0 Å². The highest BCUT2D eigenvalue weighted by Gasteiger charge is 2.53. The maximum Gasteiger partial charge on any atom is 0.236 e. The van der Waals surface area contributed by atoms with Gasteiger partial charge in [-0.1, -0.05) is 57.6 Å². The average Bonchev–Trinajstić information content (AvgIpc) is 2.65. The normalized spacial score (nSPS) is 20.3. The summed E-state index contributed by atoms with van der Waals surface area (Å²) in [7, 11) is 2.66. The van der Waals surface area contributed by atoms with Crippen LogP contribution in [0.15, 0.2) is 12.2 Å². The van der Waals surface area contributed by atoms with Gasteiger partial charge in [0.15, 0.2) is 0 Å². The number of hydrogen-bond donors (Lipinski definition) is 0. The van der Waals surface area contributed by atoms with Crippen LogP contribution in [0.3, 0.4) is 0 Å². The molecular formula is C21H34O5. The lowest BCUT2D eigenvalue weighted by Gasteiger charge is -2.35. The van der Waals surface area contributed by atoms with E-state index in [1.54, 1.807) is 0 Å². The molecule has 0 spiro atoms. The minimum absolute atomic E-state index is 0.320. The summed E-state index contributed by atoms with van der Waals surface area (Å²) in [6.07, 6.45) is 14.5. The van der Waals surface area contributed by atoms with Crippen molar-refractivity contribution in [1.29, 1.82) is 0 Å². The number of ether oxygens (including phenoxy) is 2. The van der Waals surface area contributed by atoms with E-state index in [9.17, 15) is 14.4 Å². The number of Topliss-reactive ketones (excluding diaryl/α,β-unsaturated/α-hetero) is 3. The van der Waals surface area contributed by atoms with E-state index in [-0.39, 0.29) is 6.42 Å². The molecule has 5 heteroatoms. The molecule has 1 unspecified atom stereocenters. The molecule has 0 aromatic rings. The Kier molecular flexibility index (Phi) is 10.6. The van der Waals surface area contributed by atoms with Crippen molar-refractivity contribution in [3.05, 3.63) is 12.2 Å². The third-order valence-corrected chi connectivity index (χ3v) is 5.09. The van der Waals surface area contributed by atoms with Crippen molar-refractivity contribution in [2.24, 2.45) is 5.92 Å². The first-order valence-electron chi connectivity index (χ1n) is 9.89. The zero-order chi connectivity index (χ0) is 19.4. The van der Waals surface area contributed by atoms with Crippen LogP contribution in [-0.4, -0.2) is 37.4 Å². The Labute approximate surface area is 157 Å². The second kappa shape index (κ2) is 12.1. The van der Waals surface area contributed by atoms with Crippen molar-refractivity contribution in [2.45, 2.75) is 83.3 Å². The summed E-state index contributed by atoms with van der Waals surface area (Å²) in [5.41, 5.74) is 0. The molecule has 0 N–H and O–H groups in total. The summed E-state index contributed by atoms with van der Waals surface area (Å²) in [4.78, 5) is 36.5. The van der Waals surface area contributed by atoms with E-state index in [2.05, 4.69) is 19.1 Å². The van der Waals surface area contributed by atoms with Crippen LogP contribution >= 0.6 is 0 Å². The minimum atomic E-state index is -1.58. The van der Waals surface area contributed by atoms with Crippen LogP contribution in [0.2, 0.25) is 0 Å². The van der Waals surface area contributed by atoms with Crippen molar-refractivity contribution in [2.75, 3.05) is 14.2 Å². The van der Waals surface area contributed by atoms with Gasteiger partial charge in [0, 0.05) is 14.2 Å². The van der Waals surface area contributed by atoms with Gasteiger partial charge in [-0.15, -0.1) is 0 Å². The molecule has 0 aromatic heterocycles. The number of unbranched alkanes of at least 4 members (excludes halogenated alkanes) is 7. The van der Waals surface area contributed by atoms with Gasteiger partial charge >= 0.3 is 0 Å². The molecule has 0 radical (unpaired) electrons. The molecule has 1 aliphatic carbocycles. The van der Waals surface area contributed by atoms with E-state index in [0.717, 1.165) is 32.1 Å². The van der Waals surface area contributed by atoms with Gasteiger partial charge in [0.2, 0.25) is 23.1 Å². The van der Waals surface area contributed by atoms with E-state index >= 15 is 0 Å². The Balaban J connectivity index is 2.29. The molecule has 0 aliphatic heterocycles. The van der Waals surface area contributed by atoms with Gasteiger partial charge < -0.3 is 9.47 Å². The summed E-state index contributed by atoms with van der Waals surface area (Å²) in [6, 6.07) is 0. The molecule has 148 valence electrons. The molecule has 1 rings (SSSR count). The molecule has 0 heterocycles. The van der Waals surface area contributed by atoms with Gasteiger partial charge in [-0.2, -0.15) is 0 Å². The van der Waals surface area contributed by atoms with Gasteiger partial charge in [0.05, 0.1) is 12.3 Å². The van der Waals surface area contributed by atoms with Gasteiger partial charge in [-0.3, -0.25) is 14.4 Å². The van der Waals surface area contributed by atoms with Crippen molar-refractivity contribution in [3.8, 4) is 0 Å². The molecule has 1 fully saturated rings. The highest BCUT2D eigenvalue weighted by atomic mass is 16.7. The highest BCUT2D eigenvalue weighted by Crippen LogP contribution is 2.31. The third-order valence-electron chi connectivity index (χ3n) is 5.09. The predicted molar refractivity (Wildman–Crippen MR) is 101 cm³/mol. The number of carbonyl (C=O) groups is 3. The Morgan fingerprint density at radius 2 is 1.50 bits per heavy atom. The summed E-state index contributed by atoms with van der Waals surface area (Å²) in [5, 5.41) is 0. The summed E-state index contributed by atoms with van der Waals surface area (Å²) in [6.45, 7) is 2.20. The highest BCUT2D eigenvalue weighted by molar-refractivity contribution is 6.44. The maximum atomic E-state index is 12.5. The Morgan fingerprint density at radius 1 is 0.923 bits per heavy atom. The molecule has 0 amide bonds. The van der Waals surface area contributed by atoms with E-state index in [4.69, 9.17) is 9.47 Å². The number of rotatable bonds is 13. The van der Waals surface area contributed by atoms with Crippen molar-refractivity contribution >= 4 is 17.3 Å². The summed E-state index contributed by atoms with van der Waals surface area (Å²) in [5.74, 6) is -4.08. The van der Waals surface area contributed by atoms with Crippen LogP contribution in [0.1, 0.15) is 77.6 Å². The van der Waals surface area contributed by atoms with Crippen molar-refractivity contribution in [1.82, 2.24) is 0 Å². The fourth-order valence-corrected chi connectivity index (χ4v) is 3.35. The largest absolute Gasteiger partial charge is 0.347 e. The quantitative estimate of drug-likeness (QED) is 0.161. The lowest BCUT2D eigenvalue weighted by Crippen LogP contribution is -2.55. The maximum absolute atomic E-state index is 12.5. The molecule has 5 nitrogen and oxygen atoms in total. The zero-order valence-corrected chi connectivity index (χ0v) is 16.6. The predicted octanol–water partition coefficient (Wildman–Crippen LogP) is 4.18. The van der Waals surface area contributed by atoms with E-state index in [0.29, 0.717) is 6.42 Å². The number of allylic oxidation sites excluding steroid dienone is 2. The van der Waals surface area contributed by atoms with Crippen molar-refractivity contribution in [3.63, 3.8) is 0 Å². The van der Waals surface area contributed by atoms with E-state index < -0.39 is 29.1 Å². The SMILES string of the molecule is CCCCC=CCCCCCCCC1C(=O)C(=O)CC(OC)(OC)C1=O. The van der Waals surface area contributed by atoms with Gasteiger partial charge in [-0.25, -0.2) is 0 Å². The number of carbonyl (C=O) groups excluding carboxylic acids is 3. The molecule has 0 bridgehead atoms. The molecule has 26 heavy (non-hydrogen) atoms. The Bertz CT molecular complexity index is 491. The average molecular weight is 366 g/mol. The first-order chi connectivity index (χ1) is 12.5. The summed E-state index contributed by atoms with van der Waals surface area (Å²) >= 11 is 0. The van der Waals surface area contributed by atoms with Crippen LogP contribution in [-0.2, 0) is 23.9 Å². The minimum Gasteiger partial charge on any atom is -0.347 e. The first-order valence-corrected chi connectivity index (χ1v) is 9.89. The fraction of sp³-hybridized carbons (Fsp3) is 0.762. The number of ketones is 3. The monoisotopic (exact) mass is 366 g/mol.